The molecule has 0 spiro atoms. The lowest BCUT2D eigenvalue weighted by molar-refractivity contribution is -0.0158. The molecule has 4 nitrogen and oxygen atoms in total. The number of piperidine rings is 1. The molecule has 0 bridgehead atoms. The van der Waals surface area contributed by atoms with Gasteiger partial charge in [-0.05, 0) is 39.8 Å². The second kappa shape index (κ2) is 4.78. The van der Waals surface area contributed by atoms with E-state index in [2.05, 4.69) is 30.9 Å². The van der Waals surface area contributed by atoms with Crippen molar-refractivity contribution in [2.45, 2.75) is 44.8 Å². The molecule has 2 heterocycles. The highest BCUT2D eigenvalue weighted by Crippen LogP contribution is 2.25. The average Bonchev–Trinajstić information content (AvgIpc) is 2.71. The van der Waals surface area contributed by atoms with Gasteiger partial charge in [-0.2, -0.15) is 5.10 Å². The van der Waals surface area contributed by atoms with Crippen LogP contribution in [0.3, 0.4) is 0 Å². The molecule has 1 saturated heterocycles. The molecule has 1 aliphatic heterocycles. The SMILES string of the molecule is CC(C)n1ccc(CC2(O)CCN(C)CC2)n1. The number of nitrogens with zero attached hydrogens (tertiary/aromatic N) is 3. The zero-order valence-electron chi connectivity index (χ0n) is 11.1. The summed E-state index contributed by atoms with van der Waals surface area (Å²) in [4.78, 5) is 2.27. The highest BCUT2D eigenvalue weighted by atomic mass is 16.3. The second-order valence-corrected chi connectivity index (χ2v) is 5.59. The third-order valence-corrected chi connectivity index (χ3v) is 3.62. The molecule has 0 amide bonds. The number of hydrogen-bond donors (Lipinski definition) is 1. The lowest BCUT2D eigenvalue weighted by Gasteiger charge is -2.36. The molecule has 96 valence electrons. The molecule has 0 aromatic carbocycles. The summed E-state index contributed by atoms with van der Waals surface area (Å²) in [6.07, 6.45) is 4.37. The van der Waals surface area contributed by atoms with E-state index >= 15 is 0 Å². The fraction of sp³-hybridized carbons (Fsp3) is 0.769. The molecule has 0 radical (unpaired) electrons. The summed E-state index contributed by atoms with van der Waals surface area (Å²) in [5, 5.41) is 15.0. The van der Waals surface area contributed by atoms with Crippen LogP contribution in [0.4, 0.5) is 0 Å². The van der Waals surface area contributed by atoms with Gasteiger partial charge in [-0.1, -0.05) is 0 Å². The summed E-state index contributed by atoms with van der Waals surface area (Å²) in [6, 6.07) is 2.41. The van der Waals surface area contributed by atoms with Gasteiger partial charge in [0, 0.05) is 31.7 Å². The third kappa shape index (κ3) is 3.07. The van der Waals surface area contributed by atoms with Crippen LogP contribution in [0.1, 0.15) is 38.4 Å². The first-order valence-electron chi connectivity index (χ1n) is 6.43. The molecule has 0 atom stereocenters. The number of aromatic nitrogens is 2. The van der Waals surface area contributed by atoms with Crippen molar-refractivity contribution in [3.8, 4) is 0 Å². The Morgan fingerprint density at radius 2 is 2.06 bits per heavy atom. The predicted octanol–water partition coefficient (Wildman–Crippen LogP) is 1.46. The van der Waals surface area contributed by atoms with Crippen LogP contribution in [0, 0.1) is 0 Å². The number of hydrogen-bond acceptors (Lipinski definition) is 3. The zero-order chi connectivity index (χ0) is 12.5. The van der Waals surface area contributed by atoms with Crippen molar-refractivity contribution >= 4 is 0 Å². The van der Waals surface area contributed by atoms with Gasteiger partial charge in [-0.15, -0.1) is 0 Å². The van der Waals surface area contributed by atoms with Gasteiger partial charge in [0.25, 0.3) is 0 Å². The minimum Gasteiger partial charge on any atom is -0.389 e. The Labute approximate surface area is 103 Å². The van der Waals surface area contributed by atoms with Crippen molar-refractivity contribution in [1.29, 1.82) is 0 Å². The molecule has 1 aromatic heterocycles. The van der Waals surface area contributed by atoms with Gasteiger partial charge < -0.3 is 10.0 Å². The van der Waals surface area contributed by atoms with Crippen molar-refractivity contribution in [2.24, 2.45) is 0 Å². The van der Waals surface area contributed by atoms with Gasteiger partial charge in [0.15, 0.2) is 0 Å². The molecule has 2 rings (SSSR count). The first-order valence-corrected chi connectivity index (χ1v) is 6.43. The number of rotatable bonds is 3. The van der Waals surface area contributed by atoms with E-state index in [9.17, 15) is 5.11 Å². The maximum atomic E-state index is 10.5. The van der Waals surface area contributed by atoms with E-state index in [-0.39, 0.29) is 0 Å². The monoisotopic (exact) mass is 237 g/mol. The van der Waals surface area contributed by atoms with E-state index in [0.717, 1.165) is 31.6 Å². The Morgan fingerprint density at radius 1 is 1.41 bits per heavy atom. The second-order valence-electron chi connectivity index (χ2n) is 5.59. The minimum atomic E-state index is -0.553. The van der Waals surface area contributed by atoms with Gasteiger partial charge in [-0.25, -0.2) is 0 Å². The Balaban J connectivity index is 1.99. The zero-order valence-corrected chi connectivity index (χ0v) is 11.1. The molecule has 1 fully saturated rings. The normalized spacial score (nSPS) is 21.0. The Bertz CT molecular complexity index is 364. The van der Waals surface area contributed by atoms with Crippen molar-refractivity contribution in [2.75, 3.05) is 20.1 Å². The molecule has 1 aliphatic rings. The first kappa shape index (κ1) is 12.6. The fourth-order valence-electron chi connectivity index (χ4n) is 2.31. The summed E-state index contributed by atoms with van der Waals surface area (Å²) in [7, 11) is 2.10. The molecular weight excluding hydrogens is 214 g/mol. The van der Waals surface area contributed by atoms with Gasteiger partial charge in [-0.3, -0.25) is 4.68 Å². The summed E-state index contributed by atoms with van der Waals surface area (Å²) in [5.41, 5.74) is 0.452. The van der Waals surface area contributed by atoms with E-state index in [1.807, 2.05) is 16.9 Å². The Morgan fingerprint density at radius 3 is 2.59 bits per heavy atom. The fourth-order valence-corrected chi connectivity index (χ4v) is 2.31. The number of aliphatic hydroxyl groups is 1. The van der Waals surface area contributed by atoms with Crippen LogP contribution in [0.25, 0.3) is 0 Å². The van der Waals surface area contributed by atoms with Crippen LogP contribution < -0.4 is 0 Å². The van der Waals surface area contributed by atoms with Crippen LogP contribution in [-0.2, 0) is 6.42 Å². The molecule has 1 aromatic rings. The number of likely N-dealkylation sites (tertiary alicyclic amines) is 1. The van der Waals surface area contributed by atoms with Gasteiger partial charge >= 0.3 is 0 Å². The first-order chi connectivity index (χ1) is 7.98. The summed E-state index contributed by atoms with van der Waals surface area (Å²) >= 11 is 0. The minimum absolute atomic E-state index is 0.385. The van der Waals surface area contributed by atoms with Crippen molar-refractivity contribution in [3.63, 3.8) is 0 Å². The van der Waals surface area contributed by atoms with E-state index in [0.29, 0.717) is 12.5 Å². The summed E-state index contributed by atoms with van der Waals surface area (Å²) in [5.74, 6) is 0. The van der Waals surface area contributed by atoms with E-state index in [1.54, 1.807) is 0 Å². The van der Waals surface area contributed by atoms with E-state index in [4.69, 9.17) is 0 Å². The summed E-state index contributed by atoms with van der Waals surface area (Å²) in [6.45, 7) is 6.17. The topological polar surface area (TPSA) is 41.3 Å². The van der Waals surface area contributed by atoms with Crippen LogP contribution in [0.5, 0.6) is 0 Å². The summed E-state index contributed by atoms with van der Waals surface area (Å²) < 4.78 is 1.95. The quantitative estimate of drug-likeness (QED) is 0.865. The van der Waals surface area contributed by atoms with Crippen LogP contribution in [0.2, 0.25) is 0 Å². The molecular formula is C13H23N3O. The lowest BCUT2D eigenvalue weighted by Crippen LogP contribution is -2.44. The third-order valence-electron chi connectivity index (χ3n) is 3.62. The maximum absolute atomic E-state index is 10.5. The Kier molecular flexibility index (Phi) is 3.54. The van der Waals surface area contributed by atoms with Crippen molar-refractivity contribution < 1.29 is 5.11 Å². The average molecular weight is 237 g/mol. The Hall–Kier alpha value is -0.870. The molecule has 17 heavy (non-hydrogen) atoms. The predicted molar refractivity (Wildman–Crippen MR) is 68.0 cm³/mol. The van der Waals surface area contributed by atoms with Crippen molar-refractivity contribution in [3.05, 3.63) is 18.0 Å². The van der Waals surface area contributed by atoms with Crippen LogP contribution in [-0.4, -0.2) is 45.5 Å². The van der Waals surface area contributed by atoms with Gasteiger partial charge in [0.05, 0.1) is 11.3 Å². The smallest absolute Gasteiger partial charge is 0.0728 e. The van der Waals surface area contributed by atoms with Crippen LogP contribution >= 0.6 is 0 Å². The lowest BCUT2D eigenvalue weighted by atomic mass is 9.87. The highest BCUT2D eigenvalue weighted by Gasteiger charge is 2.31. The maximum Gasteiger partial charge on any atom is 0.0728 e. The van der Waals surface area contributed by atoms with Gasteiger partial charge in [0.1, 0.15) is 0 Å². The van der Waals surface area contributed by atoms with E-state index in [1.165, 1.54) is 0 Å². The molecule has 4 heteroatoms. The molecule has 0 unspecified atom stereocenters. The molecule has 0 saturated carbocycles. The standard InChI is InChI=1S/C13H23N3O/c1-11(2)16-7-4-12(14-16)10-13(17)5-8-15(3)9-6-13/h4,7,11,17H,5-6,8-10H2,1-3H3. The van der Waals surface area contributed by atoms with Crippen LogP contribution in [0.15, 0.2) is 12.3 Å². The van der Waals surface area contributed by atoms with Gasteiger partial charge in [0.2, 0.25) is 0 Å². The highest BCUT2D eigenvalue weighted by molar-refractivity contribution is 5.05. The van der Waals surface area contributed by atoms with E-state index < -0.39 is 5.60 Å². The molecule has 0 aliphatic carbocycles. The molecule has 1 N–H and O–H groups in total. The largest absolute Gasteiger partial charge is 0.389 e. The van der Waals surface area contributed by atoms with Crippen molar-refractivity contribution in [1.82, 2.24) is 14.7 Å².